The minimum absolute atomic E-state index is 0.611. The first-order valence-electron chi connectivity index (χ1n) is 17.9. The second-order valence-corrected chi connectivity index (χ2v) is 13.3. The van der Waals surface area contributed by atoms with Gasteiger partial charge in [0.25, 0.3) is 0 Å². The summed E-state index contributed by atoms with van der Waals surface area (Å²) in [7, 11) is 0. The molecular weight excluding hydrogens is 645 g/mol. The van der Waals surface area contributed by atoms with Crippen molar-refractivity contribution in [3.05, 3.63) is 194 Å². The lowest BCUT2D eigenvalue weighted by Gasteiger charge is -2.17. The Morgan fingerprint density at radius 2 is 0.830 bits per heavy atom. The molecule has 53 heavy (non-hydrogen) atoms. The number of fused-ring (bicyclic) bond motifs is 4. The van der Waals surface area contributed by atoms with E-state index in [2.05, 4.69) is 174 Å². The van der Waals surface area contributed by atoms with Crippen molar-refractivity contribution in [1.82, 2.24) is 19.5 Å². The fourth-order valence-corrected chi connectivity index (χ4v) is 7.44. The largest absolute Gasteiger partial charge is 0.308 e. The summed E-state index contributed by atoms with van der Waals surface area (Å²) in [6.45, 7) is 0. The molecule has 0 atom stereocenters. The van der Waals surface area contributed by atoms with Gasteiger partial charge in [0, 0.05) is 27.5 Å². The molecule has 0 radical (unpaired) electrons. The Labute approximate surface area is 307 Å². The molecule has 4 nitrogen and oxygen atoms in total. The molecule has 0 amide bonds. The van der Waals surface area contributed by atoms with Gasteiger partial charge in [-0.3, -0.25) is 0 Å². The van der Waals surface area contributed by atoms with Gasteiger partial charge >= 0.3 is 0 Å². The minimum atomic E-state index is 0.611. The fraction of sp³-hybridized carbons (Fsp3) is 0. The molecule has 8 aromatic carbocycles. The van der Waals surface area contributed by atoms with Crippen LogP contribution < -0.4 is 0 Å². The van der Waals surface area contributed by atoms with Crippen LogP contribution in [0.3, 0.4) is 0 Å². The molecular formula is C49H32N4. The SMILES string of the molecule is c1ccc(-c2cccc(-c3nc(-c4ccccc4)nc(-c4ccc(-c5ccccc5)cc4-n4c5ccccc5c5cc6ccccc6cc54)n3)c2)cc1. The van der Waals surface area contributed by atoms with Gasteiger partial charge in [0.05, 0.1) is 16.7 Å². The first kappa shape index (κ1) is 30.6. The first-order chi connectivity index (χ1) is 26.3. The maximum atomic E-state index is 5.28. The van der Waals surface area contributed by atoms with Gasteiger partial charge in [0.15, 0.2) is 17.5 Å². The number of hydrogen-bond donors (Lipinski definition) is 0. The second kappa shape index (κ2) is 12.9. The van der Waals surface area contributed by atoms with Gasteiger partial charge in [-0.05, 0) is 69.4 Å². The van der Waals surface area contributed by atoms with Crippen LogP contribution in [0, 0.1) is 0 Å². The van der Waals surface area contributed by atoms with Crippen molar-refractivity contribution in [2.45, 2.75) is 0 Å². The zero-order valence-corrected chi connectivity index (χ0v) is 28.8. The lowest BCUT2D eigenvalue weighted by atomic mass is 10.0. The van der Waals surface area contributed by atoms with Crippen LogP contribution in [0.1, 0.15) is 0 Å². The summed E-state index contributed by atoms with van der Waals surface area (Å²) in [4.78, 5) is 15.6. The predicted octanol–water partition coefficient (Wildman–Crippen LogP) is 12.5. The van der Waals surface area contributed by atoms with Crippen molar-refractivity contribution < 1.29 is 0 Å². The molecule has 248 valence electrons. The maximum Gasteiger partial charge on any atom is 0.166 e. The van der Waals surface area contributed by atoms with Crippen molar-refractivity contribution >= 4 is 32.6 Å². The lowest BCUT2D eigenvalue weighted by Crippen LogP contribution is -2.04. The summed E-state index contributed by atoms with van der Waals surface area (Å²) in [6, 6.07) is 68.1. The molecule has 0 aliphatic carbocycles. The van der Waals surface area contributed by atoms with Gasteiger partial charge in [0.2, 0.25) is 0 Å². The Morgan fingerprint density at radius 1 is 0.302 bits per heavy atom. The standard InChI is InChI=1S/C49H32N4/c1-4-15-33(16-5-1)36-23-14-24-40(29-36)48-50-47(35-19-8-3-9-20-35)51-49(52-48)42-28-27-39(34-17-6-2-7-18-34)32-45(42)53-44-26-13-12-25-41(44)43-30-37-21-10-11-22-38(37)31-46(43)53/h1-32H. The second-order valence-electron chi connectivity index (χ2n) is 13.3. The smallest absolute Gasteiger partial charge is 0.166 e. The predicted molar refractivity (Wildman–Crippen MR) is 219 cm³/mol. The van der Waals surface area contributed by atoms with E-state index in [-0.39, 0.29) is 0 Å². The van der Waals surface area contributed by atoms with Crippen LogP contribution in [0.25, 0.3) is 94.7 Å². The molecule has 0 bridgehead atoms. The van der Waals surface area contributed by atoms with Gasteiger partial charge in [0.1, 0.15) is 0 Å². The Kier molecular flexibility index (Phi) is 7.43. The molecule has 2 aromatic heterocycles. The molecule has 0 aliphatic rings. The number of para-hydroxylation sites is 1. The highest BCUT2D eigenvalue weighted by Gasteiger charge is 2.21. The van der Waals surface area contributed by atoms with E-state index in [0.29, 0.717) is 17.5 Å². The summed E-state index contributed by atoms with van der Waals surface area (Å²) < 4.78 is 2.39. The molecule has 0 aliphatic heterocycles. The van der Waals surface area contributed by atoms with E-state index in [9.17, 15) is 0 Å². The molecule has 2 heterocycles. The molecule has 0 saturated heterocycles. The van der Waals surface area contributed by atoms with E-state index >= 15 is 0 Å². The van der Waals surface area contributed by atoms with E-state index in [1.165, 1.54) is 21.5 Å². The van der Waals surface area contributed by atoms with Gasteiger partial charge in [-0.25, -0.2) is 15.0 Å². The quantitative estimate of drug-likeness (QED) is 0.176. The van der Waals surface area contributed by atoms with Crippen LogP contribution in [0.4, 0.5) is 0 Å². The Bertz CT molecular complexity index is 2930. The molecule has 4 heteroatoms. The third-order valence-corrected chi connectivity index (χ3v) is 10.0. The molecule has 0 unspecified atom stereocenters. The fourth-order valence-electron chi connectivity index (χ4n) is 7.44. The maximum absolute atomic E-state index is 5.28. The Hall–Kier alpha value is -7.17. The summed E-state index contributed by atoms with van der Waals surface area (Å²) in [5.74, 6) is 1.86. The van der Waals surface area contributed by atoms with Crippen LogP contribution in [-0.4, -0.2) is 19.5 Å². The number of rotatable bonds is 6. The number of benzene rings is 8. The normalized spacial score (nSPS) is 11.4. The van der Waals surface area contributed by atoms with Crippen molar-refractivity contribution in [1.29, 1.82) is 0 Å². The molecule has 0 saturated carbocycles. The lowest BCUT2D eigenvalue weighted by molar-refractivity contribution is 1.06. The minimum Gasteiger partial charge on any atom is -0.308 e. The van der Waals surface area contributed by atoms with E-state index in [1.807, 2.05) is 24.3 Å². The van der Waals surface area contributed by atoms with Crippen LogP contribution in [0.2, 0.25) is 0 Å². The van der Waals surface area contributed by atoms with E-state index < -0.39 is 0 Å². The number of aromatic nitrogens is 4. The van der Waals surface area contributed by atoms with Gasteiger partial charge < -0.3 is 4.57 Å². The topological polar surface area (TPSA) is 43.6 Å². The Balaban J connectivity index is 1.26. The van der Waals surface area contributed by atoms with E-state index in [0.717, 1.165) is 55.7 Å². The van der Waals surface area contributed by atoms with Crippen molar-refractivity contribution in [3.63, 3.8) is 0 Å². The Morgan fingerprint density at radius 3 is 1.55 bits per heavy atom. The van der Waals surface area contributed by atoms with Gasteiger partial charge in [-0.1, -0.05) is 158 Å². The van der Waals surface area contributed by atoms with Crippen molar-refractivity contribution in [3.8, 4) is 62.1 Å². The number of nitrogens with zero attached hydrogens (tertiary/aromatic N) is 4. The molecule has 0 spiro atoms. The zero-order valence-electron chi connectivity index (χ0n) is 28.8. The first-order valence-corrected chi connectivity index (χ1v) is 17.9. The highest BCUT2D eigenvalue weighted by molar-refractivity contribution is 6.14. The third kappa shape index (κ3) is 5.54. The monoisotopic (exact) mass is 676 g/mol. The molecule has 0 fully saturated rings. The third-order valence-electron chi connectivity index (χ3n) is 10.0. The summed E-state index contributed by atoms with van der Waals surface area (Å²) >= 11 is 0. The summed E-state index contributed by atoms with van der Waals surface area (Å²) in [5, 5.41) is 4.81. The molecule has 10 rings (SSSR count). The van der Waals surface area contributed by atoms with E-state index in [1.54, 1.807) is 0 Å². The van der Waals surface area contributed by atoms with Crippen molar-refractivity contribution in [2.24, 2.45) is 0 Å². The van der Waals surface area contributed by atoms with E-state index in [4.69, 9.17) is 15.0 Å². The summed E-state index contributed by atoms with van der Waals surface area (Å²) in [6.07, 6.45) is 0. The van der Waals surface area contributed by atoms with Crippen LogP contribution in [0.15, 0.2) is 194 Å². The highest BCUT2D eigenvalue weighted by atomic mass is 15.1. The van der Waals surface area contributed by atoms with Crippen LogP contribution in [0.5, 0.6) is 0 Å². The average Bonchev–Trinajstić information content (AvgIpc) is 3.56. The highest BCUT2D eigenvalue weighted by Crippen LogP contribution is 2.39. The average molecular weight is 677 g/mol. The molecule has 0 N–H and O–H groups in total. The van der Waals surface area contributed by atoms with Gasteiger partial charge in [-0.2, -0.15) is 0 Å². The summed E-state index contributed by atoms with van der Waals surface area (Å²) in [5.41, 5.74) is 10.5. The number of hydrogen-bond acceptors (Lipinski definition) is 3. The van der Waals surface area contributed by atoms with Gasteiger partial charge in [-0.15, -0.1) is 0 Å². The van der Waals surface area contributed by atoms with Crippen LogP contribution >= 0.6 is 0 Å². The van der Waals surface area contributed by atoms with Crippen molar-refractivity contribution in [2.75, 3.05) is 0 Å². The zero-order chi connectivity index (χ0) is 35.1. The molecule has 10 aromatic rings. The van der Waals surface area contributed by atoms with Crippen LogP contribution in [-0.2, 0) is 0 Å².